The molecule has 0 aliphatic carbocycles. The summed E-state index contributed by atoms with van der Waals surface area (Å²) in [5.41, 5.74) is 1.30. The highest BCUT2D eigenvalue weighted by Crippen LogP contribution is 2.34. The molecule has 156 valence electrons. The van der Waals surface area contributed by atoms with Gasteiger partial charge in [0.15, 0.2) is 11.0 Å². The maximum Gasteiger partial charge on any atom is 0.239 e. The normalized spacial score (nSPS) is 12.5. The van der Waals surface area contributed by atoms with Crippen LogP contribution in [0.25, 0.3) is 0 Å². The molecule has 4 rings (SSSR count). The van der Waals surface area contributed by atoms with E-state index in [9.17, 15) is 0 Å². The molecule has 1 atom stereocenters. The van der Waals surface area contributed by atoms with Crippen LogP contribution in [-0.4, -0.2) is 24.9 Å². The van der Waals surface area contributed by atoms with Crippen molar-refractivity contribution in [3.05, 3.63) is 75.8 Å². The molecule has 0 bridgehead atoms. The molecule has 0 unspecified atom stereocenters. The molecule has 0 fully saturated rings. The van der Waals surface area contributed by atoms with Gasteiger partial charge in [0.1, 0.15) is 5.82 Å². The summed E-state index contributed by atoms with van der Waals surface area (Å²) < 4.78 is 7.71. The fourth-order valence-electron chi connectivity index (χ4n) is 3.07. The van der Waals surface area contributed by atoms with Crippen molar-refractivity contribution in [1.29, 1.82) is 0 Å². The van der Waals surface area contributed by atoms with Crippen molar-refractivity contribution in [3.63, 3.8) is 0 Å². The van der Waals surface area contributed by atoms with E-state index in [1.54, 1.807) is 23.1 Å². The number of hydrogen-bond acceptors (Lipinski definition) is 7. The number of thiophene rings is 1. The Labute approximate surface area is 184 Å². The molecule has 4 aromatic rings. The first-order chi connectivity index (χ1) is 14.6. The molecule has 0 aliphatic rings. The molecule has 30 heavy (non-hydrogen) atoms. The number of nitrogens with zero attached hydrogens (tertiary/aromatic N) is 5. The van der Waals surface area contributed by atoms with Gasteiger partial charge in [0.25, 0.3) is 0 Å². The summed E-state index contributed by atoms with van der Waals surface area (Å²) in [6.45, 7) is 7.01. The minimum Gasteiger partial charge on any atom is -0.338 e. The standard InChI is InChI=1S/C22H25N5OS2/c1-15(2)20-23-21(28-26-20)16(3)30-22-25-24-19(14-18-10-7-13-29-18)27(22)12-11-17-8-5-4-6-9-17/h4-10,13,15-16H,11-12,14H2,1-3H3/t16-/m1/s1. The molecule has 0 radical (unpaired) electrons. The van der Waals surface area contributed by atoms with Crippen LogP contribution in [0.2, 0.25) is 0 Å². The predicted octanol–water partition coefficient (Wildman–Crippen LogP) is 5.53. The van der Waals surface area contributed by atoms with Crippen molar-refractivity contribution in [1.82, 2.24) is 24.9 Å². The van der Waals surface area contributed by atoms with E-state index in [4.69, 9.17) is 4.52 Å². The summed E-state index contributed by atoms with van der Waals surface area (Å²) in [7, 11) is 0. The molecule has 6 nitrogen and oxygen atoms in total. The molecule has 8 heteroatoms. The maximum absolute atomic E-state index is 5.48. The minimum absolute atomic E-state index is 0.000682. The van der Waals surface area contributed by atoms with E-state index in [-0.39, 0.29) is 11.2 Å². The van der Waals surface area contributed by atoms with Crippen molar-refractivity contribution < 1.29 is 4.52 Å². The van der Waals surface area contributed by atoms with E-state index in [0.717, 1.165) is 36.2 Å². The third-order valence-electron chi connectivity index (χ3n) is 4.78. The number of rotatable bonds is 9. The molecular formula is C22H25N5OS2. The van der Waals surface area contributed by atoms with Crippen LogP contribution in [0.15, 0.2) is 57.5 Å². The first-order valence-electron chi connectivity index (χ1n) is 10.1. The van der Waals surface area contributed by atoms with Crippen LogP contribution in [0, 0.1) is 0 Å². The second kappa shape index (κ2) is 9.57. The SMILES string of the molecule is CC(C)c1noc([C@@H](C)Sc2nnc(Cc3cccs3)n2CCc2ccccc2)n1. The van der Waals surface area contributed by atoms with Crippen molar-refractivity contribution in [2.24, 2.45) is 0 Å². The summed E-state index contributed by atoms with van der Waals surface area (Å²) in [5.74, 6) is 2.59. The van der Waals surface area contributed by atoms with Crippen LogP contribution < -0.4 is 0 Å². The van der Waals surface area contributed by atoms with E-state index < -0.39 is 0 Å². The molecule has 0 aliphatic heterocycles. The second-order valence-corrected chi connectivity index (χ2v) is 9.79. The fourth-order valence-corrected chi connectivity index (χ4v) is 4.70. The highest BCUT2D eigenvalue weighted by molar-refractivity contribution is 7.99. The van der Waals surface area contributed by atoms with Crippen LogP contribution in [0.1, 0.15) is 59.9 Å². The summed E-state index contributed by atoms with van der Waals surface area (Å²) in [6.07, 6.45) is 1.71. The van der Waals surface area contributed by atoms with Gasteiger partial charge in [-0.15, -0.1) is 21.5 Å². The lowest BCUT2D eigenvalue weighted by Gasteiger charge is -2.11. The molecule has 1 aromatic carbocycles. The van der Waals surface area contributed by atoms with E-state index in [0.29, 0.717) is 5.89 Å². The van der Waals surface area contributed by atoms with Crippen molar-refractivity contribution in [2.75, 3.05) is 0 Å². The Kier molecular flexibility index (Phi) is 6.64. The van der Waals surface area contributed by atoms with Crippen molar-refractivity contribution >= 4 is 23.1 Å². The summed E-state index contributed by atoms with van der Waals surface area (Å²) in [5, 5.41) is 16.1. The zero-order chi connectivity index (χ0) is 20.9. The Morgan fingerprint density at radius 1 is 1.07 bits per heavy atom. The summed E-state index contributed by atoms with van der Waals surface area (Å²) in [6, 6.07) is 14.7. The van der Waals surface area contributed by atoms with Gasteiger partial charge in [-0.25, -0.2) is 0 Å². The number of aromatic nitrogens is 5. The van der Waals surface area contributed by atoms with E-state index in [1.165, 1.54) is 10.4 Å². The maximum atomic E-state index is 5.48. The number of aryl methyl sites for hydroxylation is 1. The first kappa shape index (κ1) is 20.8. The largest absolute Gasteiger partial charge is 0.338 e. The Balaban J connectivity index is 1.55. The number of benzene rings is 1. The monoisotopic (exact) mass is 439 g/mol. The van der Waals surface area contributed by atoms with Gasteiger partial charge < -0.3 is 9.09 Å². The van der Waals surface area contributed by atoms with Gasteiger partial charge in [0.05, 0.1) is 5.25 Å². The van der Waals surface area contributed by atoms with Gasteiger partial charge >= 0.3 is 0 Å². The third-order valence-corrected chi connectivity index (χ3v) is 6.72. The first-order valence-corrected chi connectivity index (χ1v) is 11.8. The fraction of sp³-hybridized carbons (Fsp3) is 0.364. The Bertz CT molecular complexity index is 1060. The van der Waals surface area contributed by atoms with Crippen LogP contribution in [0.4, 0.5) is 0 Å². The molecule has 0 saturated heterocycles. The molecule has 3 aromatic heterocycles. The molecule has 0 N–H and O–H groups in total. The Morgan fingerprint density at radius 2 is 1.90 bits per heavy atom. The predicted molar refractivity (Wildman–Crippen MR) is 120 cm³/mol. The minimum atomic E-state index is -0.000682. The lowest BCUT2D eigenvalue weighted by Crippen LogP contribution is -2.08. The van der Waals surface area contributed by atoms with Crippen molar-refractivity contribution in [2.45, 2.75) is 56.5 Å². The second-order valence-electron chi connectivity index (χ2n) is 7.45. The number of thioether (sulfide) groups is 1. The average Bonchev–Trinajstić information content (AvgIpc) is 3.50. The van der Waals surface area contributed by atoms with E-state index in [1.807, 2.05) is 6.07 Å². The van der Waals surface area contributed by atoms with E-state index >= 15 is 0 Å². The van der Waals surface area contributed by atoms with Crippen molar-refractivity contribution in [3.8, 4) is 0 Å². The van der Waals surface area contributed by atoms with E-state index in [2.05, 4.69) is 87.5 Å². The van der Waals surface area contributed by atoms with Crippen LogP contribution >= 0.6 is 23.1 Å². The molecule has 3 heterocycles. The van der Waals surface area contributed by atoms with Crippen LogP contribution in [-0.2, 0) is 19.4 Å². The zero-order valence-corrected chi connectivity index (χ0v) is 19.0. The summed E-state index contributed by atoms with van der Waals surface area (Å²) >= 11 is 3.36. The Hall–Kier alpha value is -2.45. The van der Waals surface area contributed by atoms with Crippen LogP contribution in [0.3, 0.4) is 0 Å². The van der Waals surface area contributed by atoms with Gasteiger partial charge in [0, 0.05) is 23.8 Å². The summed E-state index contributed by atoms with van der Waals surface area (Å²) in [4.78, 5) is 5.83. The van der Waals surface area contributed by atoms with Gasteiger partial charge in [0.2, 0.25) is 5.89 Å². The van der Waals surface area contributed by atoms with Gasteiger partial charge in [-0.3, -0.25) is 0 Å². The average molecular weight is 440 g/mol. The molecular weight excluding hydrogens is 414 g/mol. The molecule has 0 saturated carbocycles. The van der Waals surface area contributed by atoms with Gasteiger partial charge in [-0.2, -0.15) is 4.98 Å². The lowest BCUT2D eigenvalue weighted by atomic mass is 10.1. The smallest absolute Gasteiger partial charge is 0.239 e. The van der Waals surface area contributed by atoms with Crippen LogP contribution in [0.5, 0.6) is 0 Å². The zero-order valence-electron chi connectivity index (χ0n) is 17.4. The highest BCUT2D eigenvalue weighted by Gasteiger charge is 2.21. The van der Waals surface area contributed by atoms with Gasteiger partial charge in [-0.1, -0.05) is 67.2 Å². The molecule has 0 spiro atoms. The Morgan fingerprint density at radius 3 is 2.60 bits per heavy atom. The number of hydrogen-bond donors (Lipinski definition) is 0. The molecule has 0 amide bonds. The highest BCUT2D eigenvalue weighted by atomic mass is 32.2. The lowest BCUT2D eigenvalue weighted by molar-refractivity contribution is 0.372. The van der Waals surface area contributed by atoms with Gasteiger partial charge in [-0.05, 0) is 30.4 Å². The quantitative estimate of drug-likeness (QED) is 0.319. The third kappa shape index (κ3) is 4.99. The topological polar surface area (TPSA) is 69.6 Å².